The number of benzene rings is 1. The number of aliphatic hydroxyl groups is 1. The third-order valence-corrected chi connectivity index (χ3v) is 1.72. The van der Waals surface area contributed by atoms with Gasteiger partial charge in [0, 0.05) is 0 Å². The minimum Gasteiger partial charge on any atom is -0.388 e. The lowest BCUT2D eigenvalue weighted by atomic mass is 10.1. The highest BCUT2D eigenvalue weighted by Gasteiger charge is 2.15. The van der Waals surface area contributed by atoms with E-state index in [9.17, 15) is 13.9 Å². The lowest BCUT2D eigenvalue weighted by molar-refractivity contribution is 0.171. The fourth-order valence-electron chi connectivity index (χ4n) is 1.10. The quantitative estimate of drug-likeness (QED) is 0.716. The fraction of sp³-hybridized carbons (Fsp3) is 0.200. The van der Waals surface area contributed by atoms with E-state index in [1.54, 1.807) is 0 Å². The minimum absolute atomic E-state index is 0.137. The van der Waals surface area contributed by atoms with Gasteiger partial charge in [0.1, 0.15) is 11.6 Å². The van der Waals surface area contributed by atoms with E-state index in [1.807, 2.05) is 0 Å². The second kappa shape index (κ2) is 4.14. The Kier molecular flexibility index (Phi) is 3.14. The SMILES string of the molecule is C=CC[C@H](O)c1c(F)cccc1F. The van der Waals surface area contributed by atoms with Crippen LogP contribution in [-0.2, 0) is 0 Å². The monoisotopic (exact) mass is 184 g/mol. The van der Waals surface area contributed by atoms with Crippen molar-refractivity contribution in [3.63, 3.8) is 0 Å². The Morgan fingerprint density at radius 2 is 1.92 bits per heavy atom. The largest absolute Gasteiger partial charge is 0.388 e. The van der Waals surface area contributed by atoms with Crippen LogP contribution in [0.1, 0.15) is 18.1 Å². The number of aliphatic hydroxyl groups excluding tert-OH is 1. The summed E-state index contributed by atoms with van der Waals surface area (Å²) in [6.07, 6.45) is 0.396. The number of rotatable bonds is 3. The predicted octanol–water partition coefficient (Wildman–Crippen LogP) is 2.57. The molecule has 0 saturated heterocycles. The second-order valence-electron chi connectivity index (χ2n) is 2.68. The summed E-state index contributed by atoms with van der Waals surface area (Å²) in [6, 6.07) is 3.49. The molecule has 1 rings (SSSR count). The van der Waals surface area contributed by atoms with Crippen molar-refractivity contribution >= 4 is 0 Å². The maximum absolute atomic E-state index is 13.0. The van der Waals surface area contributed by atoms with Gasteiger partial charge in [0.15, 0.2) is 0 Å². The molecule has 70 valence electrons. The molecule has 1 nitrogen and oxygen atoms in total. The first-order chi connectivity index (χ1) is 6.16. The Bertz CT molecular complexity index is 290. The van der Waals surface area contributed by atoms with E-state index in [0.29, 0.717) is 0 Å². The van der Waals surface area contributed by atoms with Gasteiger partial charge in [0.25, 0.3) is 0 Å². The highest BCUT2D eigenvalue weighted by atomic mass is 19.1. The molecule has 0 heterocycles. The van der Waals surface area contributed by atoms with Crippen LogP contribution in [-0.4, -0.2) is 5.11 Å². The molecule has 0 aliphatic carbocycles. The molecule has 0 spiro atoms. The van der Waals surface area contributed by atoms with Crippen LogP contribution in [0.15, 0.2) is 30.9 Å². The molecule has 1 aromatic carbocycles. The highest BCUT2D eigenvalue weighted by molar-refractivity contribution is 5.22. The normalized spacial score (nSPS) is 12.5. The van der Waals surface area contributed by atoms with E-state index in [4.69, 9.17) is 0 Å². The second-order valence-corrected chi connectivity index (χ2v) is 2.68. The minimum atomic E-state index is -1.15. The van der Waals surface area contributed by atoms with Crippen molar-refractivity contribution in [2.45, 2.75) is 12.5 Å². The van der Waals surface area contributed by atoms with Crippen molar-refractivity contribution in [1.29, 1.82) is 0 Å². The Morgan fingerprint density at radius 3 is 2.38 bits per heavy atom. The summed E-state index contributed by atoms with van der Waals surface area (Å²) in [7, 11) is 0. The number of hydrogen-bond donors (Lipinski definition) is 1. The summed E-state index contributed by atoms with van der Waals surface area (Å²) >= 11 is 0. The molecule has 0 radical (unpaired) electrons. The first-order valence-corrected chi connectivity index (χ1v) is 3.89. The lowest BCUT2D eigenvalue weighted by Gasteiger charge is -2.09. The Balaban J connectivity index is 3.04. The van der Waals surface area contributed by atoms with E-state index in [0.717, 1.165) is 12.1 Å². The van der Waals surface area contributed by atoms with Crippen LogP contribution in [0.5, 0.6) is 0 Å². The van der Waals surface area contributed by atoms with Gasteiger partial charge in [-0.25, -0.2) is 8.78 Å². The summed E-state index contributed by atoms with van der Waals surface area (Å²) < 4.78 is 26.0. The Morgan fingerprint density at radius 1 is 1.38 bits per heavy atom. The highest BCUT2D eigenvalue weighted by Crippen LogP contribution is 2.22. The zero-order valence-corrected chi connectivity index (χ0v) is 7.00. The third-order valence-electron chi connectivity index (χ3n) is 1.72. The van der Waals surface area contributed by atoms with Gasteiger partial charge in [-0.15, -0.1) is 6.58 Å². The van der Waals surface area contributed by atoms with Crippen molar-refractivity contribution in [3.8, 4) is 0 Å². The zero-order chi connectivity index (χ0) is 9.84. The molecule has 3 heteroatoms. The van der Waals surface area contributed by atoms with Gasteiger partial charge in [-0.05, 0) is 18.6 Å². The molecule has 0 saturated carbocycles. The summed E-state index contributed by atoms with van der Waals surface area (Å²) in [5.74, 6) is -1.45. The molecule has 0 aliphatic rings. The van der Waals surface area contributed by atoms with Gasteiger partial charge in [-0.3, -0.25) is 0 Å². The van der Waals surface area contributed by atoms with Gasteiger partial charge < -0.3 is 5.11 Å². The standard InChI is InChI=1S/C10H10F2O/c1-2-4-9(13)10-7(11)5-3-6-8(10)12/h2-3,5-6,9,13H,1,4H2/t9-/m0/s1. The van der Waals surface area contributed by atoms with Crippen molar-refractivity contribution in [3.05, 3.63) is 48.1 Å². The summed E-state index contributed by atoms with van der Waals surface area (Å²) in [6.45, 7) is 3.38. The van der Waals surface area contributed by atoms with Gasteiger partial charge in [0.05, 0.1) is 11.7 Å². The topological polar surface area (TPSA) is 20.2 Å². The molecule has 1 atom stereocenters. The molecule has 13 heavy (non-hydrogen) atoms. The Hall–Kier alpha value is -1.22. The fourth-order valence-corrected chi connectivity index (χ4v) is 1.10. The molecule has 1 N–H and O–H groups in total. The van der Waals surface area contributed by atoms with Crippen molar-refractivity contribution in [1.82, 2.24) is 0 Å². The smallest absolute Gasteiger partial charge is 0.131 e. The van der Waals surface area contributed by atoms with Gasteiger partial charge in [-0.2, -0.15) is 0 Å². The van der Waals surface area contributed by atoms with Gasteiger partial charge in [0.2, 0.25) is 0 Å². The van der Waals surface area contributed by atoms with E-state index in [2.05, 4.69) is 6.58 Å². The Labute approximate surface area is 75.3 Å². The van der Waals surface area contributed by atoms with Gasteiger partial charge >= 0.3 is 0 Å². The van der Waals surface area contributed by atoms with Crippen LogP contribution in [0.2, 0.25) is 0 Å². The van der Waals surface area contributed by atoms with Crippen LogP contribution in [0.25, 0.3) is 0 Å². The average molecular weight is 184 g/mol. The van der Waals surface area contributed by atoms with E-state index < -0.39 is 17.7 Å². The van der Waals surface area contributed by atoms with Crippen LogP contribution < -0.4 is 0 Å². The lowest BCUT2D eigenvalue weighted by Crippen LogP contribution is -2.02. The first-order valence-electron chi connectivity index (χ1n) is 3.89. The molecule has 0 unspecified atom stereocenters. The molecule has 0 amide bonds. The molecular weight excluding hydrogens is 174 g/mol. The summed E-state index contributed by atoms with van der Waals surface area (Å²) in [4.78, 5) is 0. The van der Waals surface area contributed by atoms with Crippen LogP contribution in [0, 0.1) is 11.6 Å². The van der Waals surface area contributed by atoms with Crippen molar-refractivity contribution in [2.24, 2.45) is 0 Å². The van der Waals surface area contributed by atoms with E-state index in [-0.39, 0.29) is 12.0 Å². The summed E-state index contributed by atoms with van der Waals surface area (Å²) in [5.41, 5.74) is -0.289. The zero-order valence-electron chi connectivity index (χ0n) is 7.00. The molecule has 0 aromatic heterocycles. The molecule has 0 fully saturated rings. The maximum atomic E-state index is 13.0. The molecular formula is C10H10F2O. The average Bonchev–Trinajstić information content (AvgIpc) is 2.04. The van der Waals surface area contributed by atoms with Crippen LogP contribution in [0.3, 0.4) is 0 Å². The molecule has 0 aliphatic heterocycles. The molecule has 0 bridgehead atoms. The van der Waals surface area contributed by atoms with Crippen molar-refractivity contribution in [2.75, 3.05) is 0 Å². The maximum Gasteiger partial charge on any atom is 0.131 e. The van der Waals surface area contributed by atoms with Crippen LogP contribution in [0.4, 0.5) is 8.78 Å². The van der Waals surface area contributed by atoms with E-state index in [1.165, 1.54) is 12.1 Å². The number of hydrogen-bond acceptors (Lipinski definition) is 1. The summed E-state index contributed by atoms with van der Waals surface area (Å²) in [5, 5.41) is 9.33. The number of halogens is 2. The molecule has 1 aromatic rings. The first kappa shape index (κ1) is 9.86. The third kappa shape index (κ3) is 2.12. The predicted molar refractivity (Wildman–Crippen MR) is 46.1 cm³/mol. The van der Waals surface area contributed by atoms with Crippen LogP contribution >= 0.6 is 0 Å². The van der Waals surface area contributed by atoms with Crippen molar-refractivity contribution < 1.29 is 13.9 Å². The van der Waals surface area contributed by atoms with Gasteiger partial charge in [-0.1, -0.05) is 12.1 Å². The van der Waals surface area contributed by atoms with E-state index >= 15 is 0 Å².